The molecule has 0 aliphatic heterocycles. The molecule has 0 spiro atoms. The van der Waals surface area contributed by atoms with Gasteiger partial charge in [0.1, 0.15) is 17.2 Å². The van der Waals surface area contributed by atoms with E-state index in [4.69, 9.17) is 14.2 Å². The molecule has 5 heteroatoms. The van der Waals surface area contributed by atoms with Crippen molar-refractivity contribution < 1.29 is 19.0 Å². The van der Waals surface area contributed by atoms with Crippen molar-refractivity contribution in [2.75, 3.05) is 19.5 Å². The van der Waals surface area contributed by atoms with Crippen LogP contribution in [-0.4, -0.2) is 26.2 Å². The zero-order valence-electron chi connectivity index (χ0n) is 12.8. The van der Waals surface area contributed by atoms with Crippen LogP contribution < -0.4 is 19.5 Å². The van der Waals surface area contributed by atoms with E-state index in [1.807, 2.05) is 12.1 Å². The third kappa shape index (κ3) is 4.15. The Kier molecular flexibility index (Phi) is 5.25. The van der Waals surface area contributed by atoms with Crippen molar-refractivity contribution in [3.8, 4) is 17.2 Å². The zero-order valence-corrected chi connectivity index (χ0v) is 12.8. The Morgan fingerprint density at radius 3 is 2.23 bits per heavy atom. The van der Waals surface area contributed by atoms with E-state index >= 15 is 0 Å². The van der Waals surface area contributed by atoms with E-state index in [1.165, 1.54) is 0 Å². The van der Waals surface area contributed by atoms with Crippen LogP contribution in [0.1, 0.15) is 6.92 Å². The number of amides is 1. The first kappa shape index (κ1) is 15.7. The summed E-state index contributed by atoms with van der Waals surface area (Å²) in [5.74, 6) is 1.77. The third-order valence-corrected chi connectivity index (χ3v) is 3.08. The van der Waals surface area contributed by atoms with Gasteiger partial charge < -0.3 is 19.5 Å². The van der Waals surface area contributed by atoms with E-state index in [1.54, 1.807) is 57.5 Å². The number of methoxy groups -OCH3 is 2. The van der Waals surface area contributed by atoms with Gasteiger partial charge in [-0.25, -0.2) is 0 Å². The number of hydrogen-bond donors (Lipinski definition) is 1. The Bertz CT molecular complexity index is 625. The maximum absolute atomic E-state index is 12.1. The highest BCUT2D eigenvalue weighted by molar-refractivity contribution is 5.94. The summed E-state index contributed by atoms with van der Waals surface area (Å²) >= 11 is 0. The predicted octanol–water partition coefficient (Wildman–Crippen LogP) is 3.11. The molecule has 2 aromatic rings. The molecule has 1 unspecified atom stereocenters. The molecule has 0 heterocycles. The van der Waals surface area contributed by atoms with Crippen molar-refractivity contribution in [1.29, 1.82) is 0 Å². The van der Waals surface area contributed by atoms with Crippen LogP contribution in [0.5, 0.6) is 17.2 Å². The molecule has 116 valence electrons. The summed E-state index contributed by atoms with van der Waals surface area (Å²) in [7, 11) is 3.18. The molecule has 0 radical (unpaired) electrons. The van der Waals surface area contributed by atoms with Crippen molar-refractivity contribution in [2.45, 2.75) is 13.0 Å². The highest BCUT2D eigenvalue weighted by Crippen LogP contribution is 2.20. The van der Waals surface area contributed by atoms with Crippen LogP contribution >= 0.6 is 0 Å². The van der Waals surface area contributed by atoms with Crippen molar-refractivity contribution in [3.05, 3.63) is 48.5 Å². The normalized spacial score (nSPS) is 11.4. The largest absolute Gasteiger partial charge is 0.497 e. The smallest absolute Gasteiger partial charge is 0.265 e. The molecule has 2 rings (SSSR count). The minimum Gasteiger partial charge on any atom is -0.497 e. The van der Waals surface area contributed by atoms with Crippen LogP contribution in [0.15, 0.2) is 48.5 Å². The lowest BCUT2D eigenvalue weighted by atomic mass is 10.2. The maximum atomic E-state index is 12.1. The molecular weight excluding hydrogens is 282 g/mol. The Hall–Kier alpha value is -2.69. The lowest BCUT2D eigenvalue weighted by Gasteiger charge is -2.15. The minimum atomic E-state index is -0.630. The summed E-state index contributed by atoms with van der Waals surface area (Å²) in [5, 5.41) is 2.79. The molecule has 0 fully saturated rings. The summed E-state index contributed by atoms with van der Waals surface area (Å²) in [5.41, 5.74) is 0.687. The van der Waals surface area contributed by atoms with Crippen molar-refractivity contribution in [1.82, 2.24) is 0 Å². The number of carbonyl (C=O) groups excluding carboxylic acids is 1. The number of nitrogens with one attached hydrogen (secondary N) is 1. The van der Waals surface area contributed by atoms with Crippen molar-refractivity contribution >= 4 is 11.6 Å². The Balaban J connectivity index is 1.96. The van der Waals surface area contributed by atoms with Crippen LogP contribution in [0.3, 0.4) is 0 Å². The van der Waals surface area contributed by atoms with Crippen LogP contribution in [0.25, 0.3) is 0 Å². The predicted molar refractivity (Wildman–Crippen MR) is 84.7 cm³/mol. The molecule has 5 nitrogen and oxygen atoms in total. The van der Waals surface area contributed by atoms with Gasteiger partial charge in [0.15, 0.2) is 6.10 Å². The van der Waals surface area contributed by atoms with E-state index in [-0.39, 0.29) is 5.91 Å². The minimum absolute atomic E-state index is 0.229. The second-order valence-corrected chi connectivity index (χ2v) is 4.66. The molecule has 0 aliphatic carbocycles. The van der Waals surface area contributed by atoms with Gasteiger partial charge in [0.05, 0.1) is 14.2 Å². The van der Waals surface area contributed by atoms with E-state index in [0.717, 1.165) is 5.75 Å². The lowest BCUT2D eigenvalue weighted by Crippen LogP contribution is -2.30. The molecule has 1 N–H and O–H groups in total. The number of rotatable bonds is 6. The summed E-state index contributed by atoms with van der Waals surface area (Å²) in [6.07, 6.45) is -0.630. The van der Waals surface area contributed by atoms with Crippen molar-refractivity contribution in [3.63, 3.8) is 0 Å². The molecular formula is C17H19NO4. The van der Waals surface area contributed by atoms with Gasteiger partial charge in [0.2, 0.25) is 0 Å². The van der Waals surface area contributed by atoms with Gasteiger partial charge in [-0.05, 0) is 43.3 Å². The van der Waals surface area contributed by atoms with Crippen LogP contribution in [0.4, 0.5) is 5.69 Å². The molecule has 1 atom stereocenters. The first-order chi connectivity index (χ1) is 10.6. The molecule has 0 saturated heterocycles. The van der Waals surface area contributed by atoms with Gasteiger partial charge in [-0.3, -0.25) is 4.79 Å². The topological polar surface area (TPSA) is 56.8 Å². The molecule has 0 saturated carbocycles. The Labute approximate surface area is 129 Å². The molecule has 0 aromatic heterocycles. The maximum Gasteiger partial charge on any atom is 0.265 e. The fourth-order valence-corrected chi connectivity index (χ4v) is 1.85. The lowest BCUT2D eigenvalue weighted by molar-refractivity contribution is -0.122. The Morgan fingerprint density at radius 1 is 0.955 bits per heavy atom. The first-order valence-electron chi connectivity index (χ1n) is 6.88. The molecule has 22 heavy (non-hydrogen) atoms. The SMILES string of the molecule is COc1ccc(NC(=O)C(C)Oc2cccc(OC)c2)cc1. The number of hydrogen-bond acceptors (Lipinski definition) is 4. The summed E-state index contributed by atoms with van der Waals surface area (Å²) in [6.45, 7) is 1.69. The van der Waals surface area contributed by atoms with E-state index in [2.05, 4.69) is 5.32 Å². The molecule has 2 aromatic carbocycles. The monoisotopic (exact) mass is 301 g/mol. The van der Waals surface area contributed by atoms with Gasteiger partial charge >= 0.3 is 0 Å². The average molecular weight is 301 g/mol. The summed E-state index contributed by atoms with van der Waals surface area (Å²) < 4.78 is 15.8. The first-order valence-corrected chi connectivity index (χ1v) is 6.88. The number of benzene rings is 2. The molecule has 0 bridgehead atoms. The van der Waals surface area contributed by atoms with Crippen LogP contribution in [0.2, 0.25) is 0 Å². The zero-order chi connectivity index (χ0) is 15.9. The van der Waals surface area contributed by atoms with Crippen LogP contribution in [-0.2, 0) is 4.79 Å². The van der Waals surface area contributed by atoms with Gasteiger partial charge in [-0.1, -0.05) is 6.07 Å². The number of ether oxygens (including phenoxy) is 3. The Morgan fingerprint density at radius 2 is 1.59 bits per heavy atom. The van der Waals surface area contributed by atoms with E-state index in [9.17, 15) is 4.79 Å². The van der Waals surface area contributed by atoms with E-state index < -0.39 is 6.10 Å². The molecule has 1 amide bonds. The second kappa shape index (κ2) is 7.36. The third-order valence-electron chi connectivity index (χ3n) is 3.08. The van der Waals surface area contributed by atoms with Crippen LogP contribution in [0, 0.1) is 0 Å². The van der Waals surface area contributed by atoms with Gasteiger partial charge in [0, 0.05) is 11.8 Å². The highest BCUT2D eigenvalue weighted by atomic mass is 16.5. The quantitative estimate of drug-likeness (QED) is 0.890. The summed E-state index contributed by atoms with van der Waals surface area (Å²) in [4.78, 5) is 12.1. The van der Waals surface area contributed by atoms with Gasteiger partial charge in [-0.15, -0.1) is 0 Å². The fraction of sp³-hybridized carbons (Fsp3) is 0.235. The average Bonchev–Trinajstić information content (AvgIpc) is 2.55. The highest BCUT2D eigenvalue weighted by Gasteiger charge is 2.15. The van der Waals surface area contributed by atoms with Gasteiger partial charge in [0.25, 0.3) is 5.91 Å². The van der Waals surface area contributed by atoms with Crippen molar-refractivity contribution in [2.24, 2.45) is 0 Å². The summed E-state index contributed by atoms with van der Waals surface area (Å²) in [6, 6.07) is 14.2. The molecule has 0 aliphatic rings. The van der Waals surface area contributed by atoms with E-state index in [0.29, 0.717) is 17.2 Å². The number of carbonyl (C=O) groups is 1. The standard InChI is InChI=1S/C17H19NO4/c1-12(22-16-6-4-5-15(11-16)21-3)17(19)18-13-7-9-14(20-2)10-8-13/h4-12H,1-3H3,(H,18,19). The van der Waals surface area contributed by atoms with Gasteiger partial charge in [-0.2, -0.15) is 0 Å². The fourth-order valence-electron chi connectivity index (χ4n) is 1.85. The second-order valence-electron chi connectivity index (χ2n) is 4.66. The number of anilines is 1.